The van der Waals surface area contributed by atoms with Crippen LogP contribution in [0, 0.1) is 5.41 Å². The second-order valence-corrected chi connectivity index (χ2v) is 10.2. The molecule has 1 amide bonds. The predicted molar refractivity (Wildman–Crippen MR) is 128 cm³/mol. The maximum atomic E-state index is 13.3. The summed E-state index contributed by atoms with van der Waals surface area (Å²) in [5.41, 5.74) is 1.34. The standard InChI is InChI=1S/C22H22Cl4N4O2/c1-22(2,3)6-7-29(11-13-4-5-15(23)16(24)8-13)21(32)20-27-12-30(28-20)14-9-17(25)19(31)18(26)10-14/h4-5,8-10,12,31H,6-7,11H2,1-3H3. The number of carbonyl (C=O) groups is 1. The molecule has 0 saturated heterocycles. The average molecular weight is 516 g/mol. The molecule has 0 atom stereocenters. The van der Waals surface area contributed by atoms with Crippen LogP contribution in [0.1, 0.15) is 43.4 Å². The van der Waals surface area contributed by atoms with Gasteiger partial charge >= 0.3 is 0 Å². The highest BCUT2D eigenvalue weighted by molar-refractivity contribution is 6.42. The maximum Gasteiger partial charge on any atom is 0.293 e. The van der Waals surface area contributed by atoms with Gasteiger partial charge in [-0.15, -0.1) is 5.10 Å². The number of hydrogen-bond acceptors (Lipinski definition) is 4. The number of phenols is 1. The summed E-state index contributed by atoms with van der Waals surface area (Å²) < 4.78 is 1.38. The molecule has 2 aromatic carbocycles. The van der Waals surface area contributed by atoms with Gasteiger partial charge < -0.3 is 10.0 Å². The van der Waals surface area contributed by atoms with Crippen molar-refractivity contribution in [1.82, 2.24) is 19.7 Å². The second kappa shape index (κ2) is 9.87. The van der Waals surface area contributed by atoms with Crippen LogP contribution in [-0.2, 0) is 6.54 Å². The van der Waals surface area contributed by atoms with E-state index in [-0.39, 0.29) is 32.9 Å². The van der Waals surface area contributed by atoms with E-state index in [1.54, 1.807) is 17.0 Å². The second-order valence-electron chi connectivity index (χ2n) is 8.56. The zero-order valence-corrected chi connectivity index (χ0v) is 20.8. The summed E-state index contributed by atoms with van der Waals surface area (Å²) in [7, 11) is 0. The number of aromatic nitrogens is 3. The molecule has 0 bridgehead atoms. The fourth-order valence-electron chi connectivity index (χ4n) is 2.89. The summed E-state index contributed by atoms with van der Waals surface area (Å²) in [4.78, 5) is 19.1. The SMILES string of the molecule is CC(C)(C)CCN(Cc1ccc(Cl)c(Cl)c1)C(=O)c1ncn(-c2cc(Cl)c(O)c(Cl)c2)n1. The number of carbonyl (C=O) groups excluding carboxylic acids is 1. The molecular weight excluding hydrogens is 494 g/mol. The molecule has 10 heteroatoms. The number of hydrogen-bond donors (Lipinski definition) is 1. The van der Waals surface area contributed by atoms with Gasteiger partial charge in [0.1, 0.15) is 6.33 Å². The molecule has 3 rings (SSSR count). The molecule has 0 saturated carbocycles. The van der Waals surface area contributed by atoms with Crippen LogP contribution in [0.2, 0.25) is 20.1 Å². The number of benzene rings is 2. The third-order valence-corrected chi connectivity index (χ3v) is 6.04. The third kappa shape index (κ3) is 6.07. The highest BCUT2D eigenvalue weighted by Crippen LogP contribution is 2.33. The van der Waals surface area contributed by atoms with E-state index in [9.17, 15) is 9.90 Å². The van der Waals surface area contributed by atoms with Gasteiger partial charge in [-0.05, 0) is 41.7 Å². The topological polar surface area (TPSA) is 71.2 Å². The van der Waals surface area contributed by atoms with Crippen molar-refractivity contribution < 1.29 is 9.90 Å². The van der Waals surface area contributed by atoms with E-state index in [0.29, 0.717) is 28.8 Å². The molecule has 0 radical (unpaired) electrons. The first-order valence-corrected chi connectivity index (χ1v) is 11.3. The van der Waals surface area contributed by atoms with Crippen LogP contribution in [0.3, 0.4) is 0 Å². The van der Waals surface area contributed by atoms with Crippen LogP contribution in [0.4, 0.5) is 0 Å². The van der Waals surface area contributed by atoms with Crippen LogP contribution < -0.4 is 0 Å². The Labute approximate surface area is 206 Å². The minimum atomic E-state index is -0.324. The van der Waals surface area contributed by atoms with Crippen molar-refractivity contribution in [2.75, 3.05) is 6.54 Å². The summed E-state index contributed by atoms with van der Waals surface area (Å²) >= 11 is 24.2. The first-order chi connectivity index (χ1) is 14.9. The Balaban J connectivity index is 1.88. The summed E-state index contributed by atoms with van der Waals surface area (Å²) in [6, 6.07) is 8.25. The van der Waals surface area contributed by atoms with Crippen molar-refractivity contribution in [1.29, 1.82) is 0 Å². The van der Waals surface area contributed by atoms with Crippen molar-refractivity contribution in [2.24, 2.45) is 5.41 Å². The Bertz CT molecular complexity index is 1120. The van der Waals surface area contributed by atoms with Crippen molar-refractivity contribution >= 4 is 52.3 Å². The Hall–Kier alpha value is -1.99. The van der Waals surface area contributed by atoms with Crippen molar-refractivity contribution in [3.8, 4) is 11.4 Å². The van der Waals surface area contributed by atoms with E-state index in [1.807, 2.05) is 6.07 Å². The van der Waals surface area contributed by atoms with Crippen LogP contribution in [-0.4, -0.2) is 37.2 Å². The zero-order chi connectivity index (χ0) is 23.6. The van der Waals surface area contributed by atoms with Gasteiger partial charge in [-0.1, -0.05) is 73.2 Å². The van der Waals surface area contributed by atoms with E-state index in [1.165, 1.54) is 23.1 Å². The third-order valence-electron chi connectivity index (χ3n) is 4.73. The van der Waals surface area contributed by atoms with Crippen LogP contribution >= 0.6 is 46.4 Å². The molecule has 170 valence electrons. The largest absolute Gasteiger partial charge is 0.505 e. The lowest BCUT2D eigenvalue weighted by Gasteiger charge is -2.26. The molecule has 0 aliphatic heterocycles. The Morgan fingerprint density at radius 3 is 2.28 bits per heavy atom. The number of nitrogens with zero attached hydrogens (tertiary/aromatic N) is 4. The Morgan fingerprint density at radius 1 is 1.03 bits per heavy atom. The van der Waals surface area contributed by atoms with Crippen molar-refractivity contribution in [3.63, 3.8) is 0 Å². The van der Waals surface area contributed by atoms with Gasteiger partial charge in [-0.25, -0.2) is 9.67 Å². The van der Waals surface area contributed by atoms with Crippen molar-refractivity contribution in [2.45, 2.75) is 33.7 Å². The molecule has 1 aromatic heterocycles. The predicted octanol–water partition coefficient (Wildman–Crippen LogP) is 6.67. The fraction of sp³-hybridized carbons (Fsp3) is 0.318. The summed E-state index contributed by atoms with van der Waals surface area (Å²) in [5.74, 6) is -0.516. The summed E-state index contributed by atoms with van der Waals surface area (Å²) in [5, 5.41) is 15.1. The highest BCUT2D eigenvalue weighted by atomic mass is 35.5. The molecule has 1 N–H and O–H groups in total. The zero-order valence-electron chi connectivity index (χ0n) is 17.7. The van der Waals surface area contributed by atoms with Gasteiger partial charge in [0.25, 0.3) is 5.91 Å². The van der Waals surface area contributed by atoms with E-state index in [0.717, 1.165) is 12.0 Å². The Morgan fingerprint density at radius 2 is 1.69 bits per heavy atom. The Kier molecular flexibility index (Phi) is 7.61. The molecule has 0 fully saturated rings. The normalized spacial score (nSPS) is 11.6. The maximum absolute atomic E-state index is 13.3. The number of rotatable bonds is 6. The van der Waals surface area contributed by atoms with Gasteiger partial charge in [-0.3, -0.25) is 4.79 Å². The molecule has 32 heavy (non-hydrogen) atoms. The minimum absolute atomic E-state index is 0.0271. The lowest BCUT2D eigenvalue weighted by Crippen LogP contribution is -2.34. The van der Waals surface area contributed by atoms with Gasteiger partial charge in [0.05, 0.1) is 25.8 Å². The first kappa shape index (κ1) is 24.6. The van der Waals surface area contributed by atoms with E-state index in [2.05, 4.69) is 30.9 Å². The quantitative estimate of drug-likeness (QED) is 0.398. The molecule has 6 nitrogen and oxygen atoms in total. The molecular formula is C22H22Cl4N4O2. The molecule has 0 unspecified atom stereocenters. The molecule has 3 aromatic rings. The van der Waals surface area contributed by atoms with Crippen molar-refractivity contribution in [3.05, 3.63) is 68.1 Å². The van der Waals surface area contributed by atoms with Gasteiger partial charge in [0.2, 0.25) is 5.82 Å². The van der Waals surface area contributed by atoms with Gasteiger partial charge in [-0.2, -0.15) is 0 Å². The molecule has 1 heterocycles. The van der Waals surface area contributed by atoms with E-state index < -0.39 is 0 Å². The number of amides is 1. The minimum Gasteiger partial charge on any atom is -0.505 e. The summed E-state index contributed by atoms with van der Waals surface area (Å²) in [6.45, 7) is 7.17. The van der Waals surface area contributed by atoms with Gasteiger partial charge in [0.15, 0.2) is 5.75 Å². The van der Waals surface area contributed by atoms with Crippen LogP contribution in [0.25, 0.3) is 5.69 Å². The fourth-order valence-corrected chi connectivity index (χ4v) is 3.69. The highest BCUT2D eigenvalue weighted by Gasteiger charge is 2.23. The average Bonchev–Trinajstić information content (AvgIpc) is 3.20. The monoisotopic (exact) mass is 514 g/mol. The smallest absolute Gasteiger partial charge is 0.293 e. The summed E-state index contributed by atoms with van der Waals surface area (Å²) in [6.07, 6.45) is 2.18. The lowest BCUT2D eigenvalue weighted by atomic mass is 9.92. The molecule has 0 spiro atoms. The van der Waals surface area contributed by atoms with E-state index in [4.69, 9.17) is 46.4 Å². The molecule has 0 aliphatic carbocycles. The number of aromatic hydroxyl groups is 1. The van der Waals surface area contributed by atoms with Crippen LogP contribution in [0.5, 0.6) is 5.75 Å². The van der Waals surface area contributed by atoms with Gasteiger partial charge in [0, 0.05) is 13.1 Å². The van der Waals surface area contributed by atoms with Crippen LogP contribution in [0.15, 0.2) is 36.7 Å². The first-order valence-electron chi connectivity index (χ1n) is 9.78. The van der Waals surface area contributed by atoms with E-state index >= 15 is 0 Å². The lowest BCUT2D eigenvalue weighted by molar-refractivity contribution is 0.0712. The number of phenolic OH excluding ortho intramolecular Hbond substituents is 1. The molecule has 0 aliphatic rings. The number of halogens is 4.